The third-order valence-electron chi connectivity index (χ3n) is 3.46. The van der Waals surface area contributed by atoms with Crippen molar-refractivity contribution in [2.75, 3.05) is 11.9 Å². The predicted molar refractivity (Wildman–Crippen MR) is 85.7 cm³/mol. The maximum absolute atomic E-state index is 12.4. The van der Waals surface area contributed by atoms with E-state index in [-0.39, 0.29) is 5.91 Å². The first-order chi connectivity index (χ1) is 10.8. The van der Waals surface area contributed by atoms with Crippen LogP contribution >= 0.6 is 0 Å². The lowest BCUT2D eigenvalue weighted by molar-refractivity contribution is -0.120. The van der Waals surface area contributed by atoms with Crippen LogP contribution in [0.4, 0.5) is 10.5 Å². The zero-order valence-electron chi connectivity index (χ0n) is 13.6. The monoisotopic (exact) mass is 315 g/mol. The van der Waals surface area contributed by atoms with Crippen LogP contribution in [-0.2, 0) is 9.53 Å². The lowest BCUT2D eigenvalue weighted by Crippen LogP contribution is -2.45. The molecular formula is C17H21N3O3. The molecule has 6 heteroatoms. The Morgan fingerprint density at radius 3 is 2.52 bits per heavy atom. The number of carbonyl (C=O) groups excluding carboxylic acids is 2. The fourth-order valence-corrected chi connectivity index (χ4v) is 2.43. The van der Waals surface area contributed by atoms with Crippen molar-refractivity contribution in [3.63, 3.8) is 0 Å². The molecule has 1 saturated heterocycles. The van der Waals surface area contributed by atoms with E-state index in [9.17, 15) is 9.59 Å². The van der Waals surface area contributed by atoms with Crippen LogP contribution in [0.1, 0.15) is 39.2 Å². The Labute approximate surface area is 136 Å². The molecule has 1 aromatic carbocycles. The minimum atomic E-state index is -0.589. The van der Waals surface area contributed by atoms with Crippen LogP contribution in [0.3, 0.4) is 0 Å². The summed E-state index contributed by atoms with van der Waals surface area (Å²) >= 11 is 0. The van der Waals surface area contributed by atoms with Gasteiger partial charge in [-0.15, -0.1) is 0 Å². The van der Waals surface area contributed by atoms with E-state index in [0.717, 1.165) is 6.42 Å². The van der Waals surface area contributed by atoms with E-state index >= 15 is 0 Å². The molecule has 2 amide bonds. The SMILES string of the molecule is CC(C)(C)OC(=O)N1CCC[C@@H]1C(=O)Nc1ccc(C#N)cc1. The number of benzene rings is 1. The van der Waals surface area contributed by atoms with Gasteiger partial charge >= 0.3 is 6.09 Å². The van der Waals surface area contributed by atoms with Gasteiger partial charge in [-0.1, -0.05) is 0 Å². The van der Waals surface area contributed by atoms with Gasteiger partial charge in [0.2, 0.25) is 5.91 Å². The van der Waals surface area contributed by atoms with Gasteiger partial charge < -0.3 is 10.1 Å². The predicted octanol–water partition coefficient (Wildman–Crippen LogP) is 2.90. The molecule has 1 aliphatic rings. The summed E-state index contributed by atoms with van der Waals surface area (Å²) < 4.78 is 5.35. The molecule has 1 heterocycles. The molecule has 122 valence electrons. The maximum Gasteiger partial charge on any atom is 0.410 e. The highest BCUT2D eigenvalue weighted by atomic mass is 16.6. The quantitative estimate of drug-likeness (QED) is 0.909. The molecule has 1 N–H and O–H groups in total. The average Bonchev–Trinajstić information content (AvgIpc) is 2.96. The zero-order valence-corrected chi connectivity index (χ0v) is 13.6. The molecule has 1 aromatic rings. The number of carbonyl (C=O) groups is 2. The number of hydrogen-bond donors (Lipinski definition) is 1. The van der Waals surface area contributed by atoms with Crippen molar-refractivity contribution in [2.45, 2.75) is 45.3 Å². The molecule has 0 unspecified atom stereocenters. The standard InChI is InChI=1S/C17H21N3O3/c1-17(2,3)23-16(22)20-10-4-5-14(20)15(21)19-13-8-6-12(11-18)7-9-13/h6-9,14H,4-5,10H2,1-3H3,(H,19,21)/t14-/m1/s1. The first-order valence-corrected chi connectivity index (χ1v) is 7.61. The third kappa shape index (κ3) is 4.46. The summed E-state index contributed by atoms with van der Waals surface area (Å²) in [4.78, 5) is 26.1. The minimum absolute atomic E-state index is 0.238. The van der Waals surface area contributed by atoms with Gasteiger partial charge in [0.1, 0.15) is 11.6 Å². The summed E-state index contributed by atoms with van der Waals surface area (Å²) in [6.07, 6.45) is 0.918. The Hall–Kier alpha value is -2.55. The molecule has 1 aliphatic heterocycles. The topological polar surface area (TPSA) is 82.4 Å². The Morgan fingerprint density at radius 1 is 1.30 bits per heavy atom. The van der Waals surface area contributed by atoms with E-state index in [0.29, 0.717) is 24.2 Å². The Bertz CT molecular complexity index is 626. The van der Waals surface area contributed by atoms with E-state index in [1.165, 1.54) is 4.90 Å². The lowest BCUT2D eigenvalue weighted by Gasteiger charge is -2.28. The summed E-state index contributed by atoms with van der Waals surface area (Å²) in [5, 5.41) is 11.6. The largest absolute Gasteiger partial charge is 0.444 e. The number of amides is 2. The van der Waals surface area contributed by atoms with Gasteiger partial charge in [-0.25, -0.2) is 4.79 Å². The van der Waals surface area contributed by atoms with E-state index in [4.69, 9.17) is 10.00 Å². The van der Waals surface area contributed by atoms with Gasteiger partial charge in [-0.05, 0) is 57.9 Å². The fourth-order valence-electron chi connectivity index (χ4n) is 2.43. The van der Waals surface area contributed by atoms with E-state index in [1.807, 2.05) is 6.07 Å². The molecule has 1 atom stereocenters. The molecule has 0 spiro atoms. The van der Waals surface area contributed by atoms with Gasteiger partial charge in [-0.2, -0.15) is 5.26 Å². The van der Waals surface area contributed by atoms with Crippen molar-refractivity contribution in [2.24, 2.45) is 0 Å². The smallest absolute Gasteiger partial charge is 0.410 e. The van der Waals surface area contributed by atoms with Gasteiger partial charge in [0.25, 0.3) is 0 Å². The number of nitrogens with one attached hydrogen (secondary N) is 1. The van der Waals surface area contributed by atoms with E-state index < -0.39 is 17.7 Å². The Morgan fingerprint density at radius 2 is 1.96 bits per heavy atom. The van der Waals surface area contributed by atoms with Crippen LogP contribution in [0.25, 0.3) is 0 Å². The Kier molecular flexibility index (Phi) is 4.89. The van der Waals surface area contributed by atoms with Crippen molar-refractivity contribution < 1.29 is 14.3 Å². The molecule has 0 saturated carbocycles. The van der Waals surface area contributed by atoms with Crippen LogP contribution in [0.5, 0.6) is 0 Å². The van der Waals surface area contributed by atoms with Gasteiger partial charge in [0.15, 0.2) is 0 Å². The number of likely N-dealkylation sites (tertiary alicyclic amines) is 1. The molecule has 0 aromatic heterocycles. The average molecular weight is 315 g/mol. The summed E-state index contributed by atoms with van der Waals surface area (Å²) in [5.41, 5.74) is 0.540. The van der Waals surface area contributed by atoms with Gasteiger partial charge in [0.05, 0.1) is 11.6 Å². The first-order valence-electron chi connectivity index (χ1n) is 7.61. The van der Waals surface area contributed by atoms with Crippen molar-refractivity contribution in [1.29, 1.82) is 5.26 Å². The minimum Gasteiger partial charge on any atom is -0.444 e. The highest BCUT2D eigenvalue weighted by Crippen LogP contribution is 2.22. The number of rotatable bonds is 2. The molecule has 0 bridgehead atoms. The van der Waals surface area contributed by atoms with Crippen molar-refractivity contribution in [3.8, 4) is 6.07 Å². The second-order valence-corrected chi connectivity index (χ2v) is 6.51. The van der Waals surface area contributed by atoms with Crippen LogP contribution in [0.15, 0.2) is 24.3 Å². The highest BCUT2D eigenvalue weighted by molar-refractivity contribution is 5.96. The van der Waals surface area contributed by atoms with E-state index in [2.05, 4.69) is 5.32 Å². The highest BCUT2D eigenvalue weighted by Gasteiger charge is 2.36. The van der Waals surface area contributed by atoms with Crippen molar-refractivity contribution in [1.82, 2.24) is 4.90 Å². The van der Waals surface area contributed by atoms with Crippen molar-refractivity contribution >= 4 is 17.7 Å². The number of ether oxygens (including phenoxy) is 1. The zero-order chi connectivity index (χ0) is 17.0. The Balaban J connectivity index is 2.02. The summed E-state index contributed by atoms with van der Waals surface area (Å²) in [7, 11) is 0. The third-order valence-corrected chi connectivity index (χ3v) is 3.46. The van der Waals surface area contributed by atoms with Crippen LogP contribution in [0, 0.1) is 11.3 Å². The second-order valence-electron chi connectivity index (χ2n) is 6.51. The van der Waals surface area contributed by atoms with Crippen LogP contribution in [-0.4, -0.2) is 35.1 Å². The molecule has 2 rings (SSSR count). The molecule has 0 aliphatic carbocycles. The number of nitriles is 1. The first kappa shape index (κ1) is 16.8. The van der Waals surface area contributed by atoms with Crippen LogP contribution < -0.4 is 5.32 Å². The summed E-state index contributed by atoms with van der Waals surface area (Å²) in [6.45, 7) is 5.91. The summed E-state index contributed by atoms with van der Waals surface area (Å²) in [5.74, 6) is -0.238. The van der Waals surface area contributed by atoms with Crippen molar-refractivity contribution in [3.05, 3.63) is 29.8 Å². The van der Waals surface area contributed by atoms with Gasteiger partial charge in [0, 0.05) is 12.2 Å². The number of nitrogens with zero attached hydrogens (tertiary/aromatic N) is 2. The lowest BCUT2D eigenvalue weighted by atomic mass is 10.2. The molecule has 0 radical (unpaired) electrons. The van der Waals surface area contributed by atoms with Gasteiger partial charge in [-0.3, -0.25) is 9.69 Å². The molecule has 6 nitrogen and oxygen atoms in total. The van der Waals surface area contributed by atoms with Crippen LogP contribution in [0.2, 0.25) is 0 Å². The second kappa shape index (κ2) is 6.69. The molecule has 23 heavy (non-hydrogen) atoms. The molecular weight excluding hydrogens is 294 g/mol. The molecule has 1 fully saturated rings. The summed E-state index contributed by atoms with van der Waals surface area (Å²) in [6, 6.07) is 8.11. The fraction of sp³-hybridized carbons (Fsp3) is 0.471. The number of anilines is 1. The normalized spacial score (nSPS) is 17.5. The number of hydrogen-bond acceptors (Lipinski definition) is 4. The maximum atomic E-state index is 12.4. The van der Waals surface area contributed by atoms with E-state index in [1.54, 1.807) is 45.0 Å².